The molecule has 114 valence electrons. The van der Waals surface area contributed by atoms with Gasteiger partial charge in [0.25, 0.3) is 5.91 Å². The molecule has 0 radical (unpaired) electrons. The van der Waals surface area contributed by atoms with Crippen molar-refractivity contribution >= 4 is 11.9 Å². The van der Waals surface area contributed by atoms with Crippen molar-refractivity contribution in [1.29, 1.82) is 0 Å². The first-order chi connectivity index (χ1) is 10.1. The highest BCUT2D eigenvalue weighted by Gasteiger charge is 2.41. The molecule has 3 rings (SSSR count). The van der Waals surface area contributed by atoms with Crippen molar-refractivity contribution in [3.05, 3.63) is 23.7 Å². The molecule has 21 heavy (non-hydrogen) atoms. The number of carboxylic acids is 1. The highest BCUT2D eigenvalue weighted by molar-refractivity contribution is 5.93. The highest BCUT2D eigenvalue weighted by Crippen LogP contribution is 2.32. The van der Waals surface area contributed by atoms with Gasteiger partial charge in [-0.2, -0.15) is 0 Å². The zero-order valence-corrected chi connectivity index (χ0v) is 11.5. The number of carboxylic acid groups (broad SMARTS) is 1. The van der Waals surface area contributed by atoms with Crippen molar-refractivity contribution in [3.8, 4) is 0 Å². The molecule has 0 bridgehead atoms. The Bertz CT molecular complexity index is 545. The maximum absolute atomic E-state index is 12.1. The van der Waals surface area contributed by atoms with Crippen LogP contribution in [0.15, 0.2) is 16.5 Å². The Balaban J connectivity index is 1.62. The topological polar surface area (TPSA) is 98.0 Å². The standard InChI is InChI=1S/C14H17NO6/c16-12(10-1-2-11(21-10)13(17)18)15-9-3-5-20-14(7-9)4-6-19-8-14/h1-2,9H,3-8H2,(H,15,16)(H,17,18). The van der Waals surface area contributed by atoms with Gasteiger partial charge < -0.3 is 24.3 Å². The molecule has 1 aromatic heterocycles. The van der Waals surface area contributed by atoms with Gasteiger partial charge in [0.15, 0.2) is 5.76 Å². The van der Waals surface area contributed by atoms with E-state index in [-0.39, 0.29) is 23.2 Å². The van der Waals surface area contributed by atoms with Crippen LogP contribution in [0.4, 0.5) is 0 Å². The zero-order valence-electron chi connectivity index (χ0n) is 11.5. The van der Waals surface area contributed by atoms with Gasteiger partial charge >= 0.3 is 5.97 Å². The van der Waals surface area contributed by atoms with Crippen molar-refractivity contribution in [2.24, 2.45) is 0 Å². The molecule has 7 nitrogen and oxygen atoms in total. The van der Waals surface area contributed by atoms with Crippen molar-refractivity contribution in [3.63, 3.8) is 0 Å². The molecule has 2 N–H and O–H groups in total. The van der Waals surface area contributed by atoms with Crippen molar-refractivity contribution < 1.29 is 28.6 Å². The minimum Gasteiger partial charge on any atom is -0.475 e. The van der Waals surface area contributed by atoms with E-state index >= 15 is 0 Å². The first-order valence-electron chi connectivity index (χ1n) is 6.94. The van der Waals surface area contributed by atoms with Crippen LogP contribution in [0.2, 0.25) is 0 Å². The van der Waals surface area contributed by atoms with Crippen LogP contribution in [-0.4, -0.2) is 48.4 Å². The van der Waals surface area contributed by atoms with Crippen LogP contribution in [0.3, 0.4) is 0 Å². The van der Waals surface area contributed by atoms with E-state index in [0.29, 0.717) is 26.2 Å². The third-order valence-electron chi connectivity index (χ3n) is 3.94. The third-order valence-corrected chi connectivity index (χ3v) is 3.94. The van der Waals surface area contributed by atoms with Crippen LogP contribution >= 0.6 is 0 Å². The molecule has 2 aliphatic rings. The van der Waals surface area contributed by atoms with Gasteiger partial charge in [-0.05, 0) is 25.0 Å². The minimum absolute atomic E-state index is 0.00983. The molecule has 1 amide bonds. The molecule has 1 spiro atoms. The monoisotopic (exact) mass is 295 g/mol. The Hall–Kier alpha value is -1.86. The largest absolute Gasteiger partial charge is 0.475 e. The van der Waals surface area contributed by atoms with Gasteiger partial charge in [-0.3, -0.25) is 4.79 Å². The van der Waals surface area contributed by atoms with Gasteiger partial charge in [-0.15, -0.1) is 0 Å². The molecular formula is C14H17NO6. The number of carbonyl (C=O) groups is 2. The van der Waals surface area contributed by atoms with Crippen LogP contribution in [0.1, 0.15) is 40.4 Å². The maximum Gasteiger partial charge on any atom is 0.371 e. The van der Waals surface area contributed by atoms with Crippen LogP contribution in [0, 0.1) is 0 Å². The Morgan fingerprint density at radius 3 is 2.76 bits per heavy atom. The van der Waals surface area contributed by atoms with E-state index in [1.54, 1.807) is 0 Å². The number of ether oxygens (including phenoxy) is 2. The molecule has 7 heteroatoms. The molecule has 0 aromatic carbocycles. The highest BCUT2D eigenvalue weighted by atomic mass is 16.6. The summed E-state index contributed by atoms with van der Waals surface area (Å²) in [5.74, 6) is -1.82. The summed E-state index contributed by atoms with van der Waals surface area (Å²) >= 11 is 0. The molecule has 0 saturated carbocycles. The summed E-state index contributed by atoms with van der Waals surface area (Å²) in [7, 11) is 0. The van der Waals surface area contributed by atoms with E-state index in [4.69, 9.17) is 19.0 Å². The fourth-order valence-corrected chi connectivity index (χ4v) is 2.85. The second kappa shape index (κ2) is 5.50. The normalized spacial score (nSPS) is 28.7. The summed E-state index contributed by atoms with van der Waals surface area (Å²) in [6, 6.07) is 2.62. The Morgan fingerprint density at radius 1 is 1.29 bits per heavy atom. The molecule has 2 saturated heterocycles. The molecule has 0 aliphatic carbocycles. The summed E-state index contributed by atoms with van der Waals surface area (Å²) < 4.78 is 16.2. The van der Waals surface area contributed by atoms with Gasteiger partial charge in [0.1, 0.15) is 0 Å². The van der Waals surface area contributed by atoms with Crippen molar-refractivity contribution in [2.45, 2.75) is 30.9 Å². The molecule has 2 aliphatic heterocycles. The van der Waals surface area contributed by atoms with Crippen LogP contribution in [0.5, 0.6) is 0 Å². The van der Waals surface area contributed by atoms with Crippen LogP contribution in [-0.2, 0) is 9.47 Å². The lowest BCUT2D eigenvalue weighted by Gasteiger charge is -2.37. The number of carbonyl (C=O) groups excluding carboxylic acids is 1. The quantitative estimate of drug-likeness (QED) is 0.864. The van der Waals surface area contributed by atoms with Gasteiger partial charge in [0, 0.05) is 25.7 Å². The van der Waals surface area contributed by atoms with Crippen LogP contribution < -0.4 is 5.32 Å². The Labute approximate surface area is 121 Å². The first-order valence-corrected chi connectivity index (χ1v) is 6.94. The summed E-state index contributed by atoms with van der Waals surface area (Å²) in [5, 5.41) is 11.7. The number of rotatable bonds is 3. The van der Waals surface area contributed by atoms with Gasteiger partial charge in [0.05, 0.1) is 12.2 Å². The summed E-state index contributed by atoms with van der Waals surface area (Å²) in [6.07, 6.45) is 2.26. The van der Waals surface area contributed by atoms with E-state index < -0.39 is 11.9 Å². The van der Waals surface area contributed by atoms with Gasteiger partial charge in [0.2, 0.25) is 5.76 Å². The van der Waals surface area contributed by atoms with E-state index in [0.717, 1.165) is 12.8 Å². The van der Waals surface area contributed by atoms with E-state index in [2.05, 4.69) is 5.32 Å². The maximum atomic E-state index is 12.1. The second-order valence-corrected chi connectivity index (χ2v) is 5.47. The smallest absolute Gasteiger partial charge is 0.371 e. The predicted octanol–water partition coefficient (Wildman–Crippen LogP) is 1.05. The molecule has 2 atom stereocenters. The number of nitrogens with one attached hydrogen (secondary N) is 1. The lowest BCUT2D eigenvalue weighted by Crippen LogP contribution is -2.49. The Morgan fingerprint density at radius 2 is 2.10 bits per heavy atom. The van der Waals surface area contributed by atoms with Crippen LogP contribution in [0.25, 0.3) is 0 Å². The number of amides is 1. The minimum atomic E-state index is -1.19. The van der Waals surface area contributed by atoms with Gasteiger partial charge in [-0.25, -0.2) is 4.79 Å². The average Bonchev–Trinajstić information content (AvgIpc) is 3.08. The molecular weight excluding hydrogens is 278 g/mol. The van der Waals surface area contributed by atoms with Crippen molar-refractivity contribution in [2.75, 3.05) is 19.8 Å². The average molecular weight is 295 g/mol. The molecule has 2 fully saturated rings. The number of hydrogen-bond acceptors (Lipinski definition) is 5. The van der Waals surface area contributed by atoms with E-state index in [9.17, 15) is 9.59 Å². The van der Waals surface area contributed by atoms with E-state index in [1.165, 1.54) is 12.1 Å². The Kier molecular flexibility index (Phi) is 3.69. The molecule has 2 unspecified atom stereocenters. The molecule has 1 aromatic rings. The van der Waals surface area contributed by atoms with Gasteiger partial charge in [-0.1, -0.05) is 0 Å². The number of furan rings is 1. The zero-order chi connectivity index (χ0) is 14.9. The fourth-order valence-electron chi connectivity index (χ4n) is 2.85. The summed E-state index contributed by atoms with van der Waals surface area (Å²) in [4.78, 5) is 22.8. The molecule has 3 heterocycles. The lowest BCUT2D eigenvalue weighted by molar-refractivity contribution is -0.0881. The predicted molar refractivity (Wildman–Crippen MR) is 70.3 cm³/mol. The lowest BCUT2D eigenvalue weighted by atomic mass is 9.89. The SMILES string of the molecule is O=C(O)c1ccc(C(=O)NC2CCOC3(CCOC3)C2)o1. The first kappa shape index (κ1) is 14.1. The number of aromatic carboxylic acids is 1. The summed E-state index contributed by atoms with van der Waals surface area (Å²) in [6.45, 7) is 1.82. The number of hydrogen-bond donors (Lipinski definition) is 2. The second-order valence-electron chi connectivity index (χ2n) is 5.47. The van der Waals surface area contributed by atoms with Crippen molar-refractivity contribution in [1.82, 2.24) is 5.32 Å². The summed E-state index contributed by atoms with van der Waals surface area (Å²) in [5.41, 5.74) is -0.286. The fraction of sp³-hybridized carbons (Fsp3) is 0.571. The van der Waals surface area contributed by atoms with E-state index in [1.807, 2.05) is 0 Å². The third kappa shape index (κ3) is 2.93.